The zero-order valence-corrected chi connectivity index (χ0v) is 21.5. The van der Waals surface area contributed by atoms with Gasteiger partial charge in [-0.25, -0.2) is 4.79 Å². The average molecular weight is 522 g/mol. The van der Waals surface area contributed by atoms with E-state index >= 15 is 0 Å². The van der Waals surface area contributed by atoms with E-state index in [0.29, 0.717) is 28.3 Å². The highest BCUT2D eigenvalue weighted by atomic mass is 16.5. The van der Waals surface area contributed by atoms with Gasteiger partial charge in [-0.05, 0) is 47.0 Å². The first-order valence-corrected chi connectivity index (χ1v) is 12.3. The summed E-state index contributed by atoms with van der Waals surface area (Å²) in [7, 11) is 3.10. The Balaban J connectivity index is 1.45. The molecular formula is C31H27N3O5. The Morgan fingerprint density at radius 1 is 0.769 bits per heavy atom. The minimum atomic E-state index is -1.53. The average Bonchev–Trinajstić information content (AvgIpc) is 3.23. The first-order chi connectivity index (χ1) is 19.0. The Bertz CT molecular complexity index is 1450. The molecule has 4 aromatic rings. The zero-order valence-electron chi connectivity index (χ0n) is 21.5. The van der Waals surface area contributed by atoms with Crippen LogP contribution < -0.4 is 20.1 Å². The van der Waals surface area contributed by atoms with Gasteiger partial charge >= 0.3 is 6.03 Å². The minimum Gasteiger partial charge on any atom is -0.497 e. The summed E-state index contributed by atoms with van der Waals surface area (Å²) in [5.41, 5.74) is 1.87. The number of hydrogen-bond donors (Lipinski definition) is 2. The van der Waals surface area contributed by atoms with E-state index in [0.717, 1.165) is 16.0 Å². The molecule has 5 rings (SSSR count). The van der Waals surface area contributed by atoms with Crippen LogP contribution in [0, 0.1) is 0 Å². The quantitative estimate of drug-likeness (QED) is 0.325. The second kappa shape index (κ2) is 10.7. The van der Waals surface area contributed by atoms with Crippen LogP contribution in [0.4, 0.5) is 10.5 Å². The summed E-state index contributed by atoms with van der Waals surface area (Å²) in [6.07, 6.45) is 0. The molecule has 2 N–H and O–H groups in total. The number of amides is 4. The molecule has 4 amide bonds. The summed E-state index contributed by atoms with van der Waals surface area (Å²) in [5, 5.41) is 5.73. The third kappa shape index (κ3) is 4.80. The Morgan fingerprint density at radius 3 is 1.87 bits per heavy atom. The fourth-order valence-electron chi connectivity index (χ4n) is 4.75. The largest absolute Gasteiger partial charge is 0.497 e. The Labute approximate surface area is 226 Å². The van der Waals surface area contributed by atoms with Gasteiger partial charge in [-0.3, -0.25) is 14.5 Å². The van der Waals surface area contributed by atoms with Crippen LogP contribution in [-0.4, -0.2) is 43.5 Å². The lowest BCUT2D eigenvalue weighted by Gasteiger charge is -2.28. The summed E-state index contributed by atoms with van der Waals surface area (Å²) in [6.45, 7) is -0.456. The number of nitrogens with one attached hydrogen (secondary N) is 2. The van der Waals surface area contributed by atoms with Gasteiger partial charge in [-0.15, -0.1) is 0 Å². The first-order valence-electron chi connectivity index (χ1n) is 12.3. The van der Waals surface area contributed by atoms with Crippen LogP contribution >= 0.6 is 0 Å². The molecule has 39 heavy (non-hydrogen) atoms. The molecule has 1 aliphatic rings. The molecule has 0 radical (unpaired) electrons. The molecule has 196 valence electrons. The van der Waals surface area contributed by atoms with E-state index < -0.39 is 29.9 Å². The maximum absolute atomic E-state index is 14.0. The van der Waals surface area contributed by atoms with E-state index in [1.165, 1.54) is 0 Å². The van der Waals surface area contributed by atoms with E-state index in [4.69, 9.17) is 9.47 Å². The molecule has 8 nitrogen and oxygen atoms in total. The van der Waals surface area contributed by atoms with E-state index in [1.807, 2.05) is 48.5 Å². The Morgan fingerprint density at radius 2 is 1.31 bits per heavy atom. The molecule has 1 saturated heterocycles. The number of urea groups is 1. The number of hydrogen-bond acceptors (Lipinski definition) is 5. The summed E-state index contributed by atoms with van der Waals surface area (Å²) >= 11 is 0. The molecule has 1 fully saturated rings. The van der Waals surface area contributed by atoms with Gasteiger partial charge in [0.15, 0.2) is 5.54 Å². The molecule has 0 bridgehead atoms. The Kier molecular flexibility index (Phi) is 7.01. The monoisotopic (exact) mass is 521 g/mol. The minimum absolute atomic E-state index is 0.456. The van der Waals surface area contributed by atoms with E-state index in [9.17, 15) is 14.4 Å². The molecule has 0 atom stereocenters. The molecular weight excluding hydrogens is 494 g/mol. The molecule has 0 aliphatic carbocycles. The van der Waals surface area contributed by atoms with Crippen molar-refractivity contribution in [2.24, 2.45) is 0 Å². The highest BCUT2D eigenvalue weighted by molar-refractivity contribution is 6.12. The molecule has 4 aromatic carbocycles. The molecule has 8 heteroatoms. The van der Waals surface area contributed by atoms with Crippen molar-refractivity contribution in [3.8, 4) is 22.6 Å². The molecule has 1 heterocycles. The van der Waals surface area contributed by atoms with Gasteiger partial charge in [0.2, 0.25) is 5.91 Å². The second-order valence-electron chi connectivity index (χ2n) is 8.99. The number of carbonyl (C=O) groups excluding carboxylic acids is 3. The fourth-order valence-corrected chi connectivity index (χ4v) is 4.75. The zero-order chi connectivity index (χ0) is 27.4. The van der Waals surface area contributed by atoms with E-state index in [-0.39, 0.29) is 0 Å². The van der Waals surface area contributed by atoms with Crippen molar-refractivity contribution >= 4 is 23.5 Å². The van der Waals surface area contributed by atoms with Crippen LogP contribution in [0.1, 0.15) is 11.1 Å². The van der Waals surface area contributed by atoms with Gasteiger partial charge in [0.25, 0.3) is 5.91 Å². The maximum atomic E-state index is 14.0. The lowest BCUT2D eigenvalue weighted by molar-refractivity contribution is -0.133. The van der Waals surface area contributed by atoms with Crippen LogP contribution in [0.15, 0.2) is 103 Å². The summed E-state index contributed by atoms with van der Waals surface area (Å²) < 4.78 is 10.5. The van der Waals surface area contributed by atoms with Gasteiger partial charge in [0.1, 0.15) is 18.0 Å². The smallest absolute Gasteiger partial charge is 0.326 e. The highest BCUT2D eigenvalue weighted by Gasteiger charge is 2.54. The molecule has 1 aliphatic heterocycles. The van der Waals surface area contributed by atoms with E-state index in [2.05, 4.69) is 10.6 Å². The number of anilines is 1. The number of imide groups is 1. The Hall–Kier alpha value is -5.11. The number of rotatable bonds is 8. The van der Waals surface area contributed by atoms with Crippen molar-refractivity contribution in [1.82, 2.24) is 10.2 Å². The van der Waals surface area contributed by atoms with Crippen molar-refractivity contribution in [2.75, 3.05) is 26.1 Å². The maximum Gasteiger partial charge on any atom is 0.326 e. The third-order valence-electron chi connectivity index (χ3n) is 6.74. The normalized spacial score (nSPS) is 14.1. The van der Waals surface area contributed by atoms with Crippen molar-refractivity contribution in [3.05, 3.63) is 114 Å². The van der Waals surface area contributed by atoms with Gasteiger partial charge in [0.05, 0.1) is 14.2 Å². The number of para-hydroxylation sites is 1. The van der Waals surface area contributed by atoms with Crippen molar-refractivity contribution in [3.63, 3.8) is 0 Å². The summed E-state index contributed by atoms with van der Waals surface area (Å²) in [4.78, 5) is 41.4. The predicted molar refractivity (Wildman–Crippen MR) is 148 cm³/mol. The van der Waals surface area contributed by atoms with Crippen molar-refractivity contribution in [1.29, 1.82) is 0 Å². The number of carbonyl (C=O) groups is 3. The first kappa shape index (κ1) is 25.5. The van der Waals surface area contributed by atoms with Crippen molar-refractivity contribution in [2.45, 2.75) is 5.54 Å². The number of nitrogens with zero attached hydrogens (tertiary/aromatic N) is 1. The van der Waals surface area contributed by atoms with Gasteiger partial charge < -0.3 is 20.1 Å². The lowest BCUT2D eigenvalue weighted by atomic mass is 9.82. The number of benzene rings is 4. The van der Waals surface area contributed by atoms with Gasteiger partial charge in [-0.1, -0.05) is 72.8 Å². The molecule has 0 spiro atoms. The summed E-state index contributed by atoms with van der Waals surface area (Å²) in [6, 6.07) is 30.1. The fraction of sp³-hybridized carbons (Fsp3) is 0.129. The van der Waals surface area contributed by atoms with Gasteiger partial charge in [0, 0.05) is 11.3 Å². The second-order valence-corrected chi connectivity index (χ2v) is 8.99. The molecule has 0 unspecified atom stereocenters. The van der Waals surface area contributed by atoms with Crippen LogP contribution in [0.5, 0.6) is 11.5 Å². The summed E-state index contributed by atoms with van der Waals surface area (Å²) in [5.74, 6) is 0.152. The van der Waals surface area contributed by atoms with Crippen LogP contribution in [0.25, 0.3) is 11.1 Å². The van der Waals surface area contributed by atoms with Crippen LogP contribution in [-0.2, 0) is 15.1 Å². The third-order valence-corrected chi connectivity index (χ3v) is 6.74. The van der Waals surface area contributed by atoms with E-state index in [1.54, 1.807) is 68.8 Å². The lowest BCUT2D eigenvalue weighted by Crippen LogP contribution is -2.45. The number of methoxy groups -OCH3 is 2. The van der Waals surface area contributed by atoms with Crippen LogP contribution in [0.2, 0.25) is 0 Å². The molecule has 0 aromatic heterocycles. The standard InChI is InChI=1S/C31H27N3O5/c1-38-24-16-12-22(13-17-24)31(23-14-18-25(39-2)19-15-23)29(36)34(30(37)33-31)20-28(35)32-27-11-7-6-10-26(27)21-8-4-3-5-9-21/h3-19H,20H2,1-2H3,(H,32,35)(H,33,37). The van der Waals surface area contributed by atoms with Crippen molar-refractivity contribution < 1.29 is 23.9 Å². The SMILES string of the molecule is COc1ccc(C2(c3ccc(OC)cc3)NC(=O)N(CC(=O)Nc3ccccc3-c3ccccc3)C2=O)cc1. The molecule has 0 saturated carbocycles. The topological polar surface area (TPSA) is 97.0 Å². The highest BCUT2D eigenvalue weighted by Crippen LogP contribution is 2.37. The van der Waals surface area contributed by atoms with Gasteiger partial charge in [-0.2, -0.15) is 0 Å². The number of ether oxygens (including phenoxy) is 2. The van der Waals surface area contributed by atoms with Crippen LogP contribution in [0.3, 0.4) is 0 Å². The predicted octanol–water partition coefficient (Wildman–Crippen LogP) is 4.80.